The lowest BCUT2D eigenvalue weighted by molar-refractivity contribution is -0.120. The van der Waals surface area contributed by atoms with Crippen LogP contribution < -0.4 is 10.6 Å². The van der Waals surface area contributed by atoms with E-state index in [0.29, 0.717) is 19.5 Å². The number of carbonyl (C=O) groups excluding carboxylic acids is 1. The van der Waals surface area contributed by atoms with E-state index in [-0.39, 0.29) is 5.91 Å². The molecule has 5 nitrogen and oxygen atoms in total. The smallest absolute Gasteiger partial charge is 0.221 e. The van der Waals surface area contributed by atoms with Gasteiger partial charge in [-0.15, -0.1) is 0 Å². The SMILES string of the molecule is CNC(=O)CCNCc1c(Br)c(C)nn1C. The molecule has 0 aliphatic heterocycles. The van der Waals surface area contributed by atoms with Crippen LogP contribution in [0.2, 0.25) is 0 Å². The van der Waals surface area contributed by atoms with Gasteiger partial charge in [-0.2, -0.15) is 5.10 Å². The number of aryl methyl sites for hydroxylation is 2. The molecule has 0 aromatic carbocycles. The maximum atomic E-state index is 11.0. The Bertz CT molecular complexity index is 375. The number of halogens is 1. The molecule has 0 aliphatic carbocycles. The topological polar surface area (TPSA) is 59.0 Å². The first kappa shape index (κ1) is 13.2. The number of rotatable bonds is 5. The molecule has 0 unspecified atom stereocenters. The molecule has 0 spiro atoms. The number of nitrogens with zero attached hydrogens (tertiary/aromatic N) is 2. The number of nitrogens with one attached hydrogen (secondary N) is 2. The van der Waals surface area contributed by atoms with Gasteiger partial charge >= 0.3 is 0 Å². The van der Waals surface area contributed by atoms with Gasteiger partial charge in [0.2, 0.25) is 5.91 Å². The van der Waals surface area contributed by atoms with Crippen LogP contribution >= 0.6 is 15.9 Å². The van der Waals surface area contributed by atoms with Crippen molar-refractivity contribution in [3.63, 3.8) is 0 Å². The Morgan fingerprint density at radius 1 is 1.56 bits per heavy atom. The molecule has 6 heteroatoms. The highest BCUT2D eigenvalue weighted by Gasteiger charge is 2.09. The monoisotopic (exact) mass is 288 g/mol. The van der Waals surface area contributed by atoms with Crippen LogP contribution in [0.4, 0.5) is 0 Å². The van der Waals surface area contributed by atoms with Gasteiger partial charge in [-0.1, -0.05) is 0 Å². The Morgan fingerprint density at radius 3 is 2.75 bits per heavy atom. The summed E-state index contributed by atoms with van der Waals surface area (Å²) >= 11 is 3.49. The average molecular weight is 289 g/mol. The Balaban J connectivity index is 2.40. The number of hydrogen-bond acceptors (Lipinski definition) is 3. The second-order valence-corrected chi connectivity index (χ2v) is 4.36. The largest absolute Gasteiger partial charge is 0.359 e. The predicted octanol–water partition coefficient (Wildman–Crippen LogP) is 0.717. The summed E-state index contributed by atoms with van der Waals surface area (Å²) in [5.74, 6) is 0.0488. The van der Waals surface area contributed by atoms with Gasteiger partial charge in [-0.05, 0) is 22.9 Å². The van der Waals surface area contributed by atoms with Crippen molar-refractivity contribution in [2.45, 2.75) is 19.9 Å². The fourth-order valence-corrected chi connectivity index (χ4v) is 1.88. The zero-order chi connectivity index (χ0) is 12.1. The maximum absolute atomic E-state index is 11.0. The van der Waals surface area contributed by atoms with Gasteiger partial charge in [0.05, 0.1) is 15.9 Å². The lowest BCUT2D eigenvalue weighted by atomic mass is 10.3. The maximum Gasteiger partial charge on any atom is 0.221 e. The van der Waals surface area contributed by atoms with E-state index in [0.717, 1.165) is 15.9 Å². The lowest BCUT2D eigenvalue weighted by Gasteiger charge is -2.05. The van der Waals surface area contributed by atoms with Crippen molar-refractivity contribution in [3.8, 4) is 0 Å². The zero-order valence-electron chi connectivity index (χ0n) is 9.80. The summed E-state index contributed by atoms with van der Waals surface area (Å²) in [6.07, 6.45) is 0.491. The summed E-state index contributed by atoms with van der Waals surface area (Å²) in [5.41, 5.74) is 2.07. The standard InChI is InChI=1S/C10H17BrN4O/c1-7-10(11)8(15(3)14-7)6-13-5-4-9(16)12-2/h13H,4-6H2,1-3H3,(H,12,16). The van der Waals surface area contributed by atoms with E-state index in [2.05, 4.69) is 31.7 Å². The number of amides is 1. The van der Waals surface area contributed by atoms with Gasteiger partial charge in [-0.3, -0.25) is 9.48 Å². The molecular weight excluding hydrogens is 272 g/mol. The van der Waals surface area contributed by atoms with Crippen molar-refractivity contribution in [1.29, 1.82) is 0 Å². The number of aromatic nitrogens is 2. The molecule has 0 bridgehead atoms. The predicted molar refractivity (Wildman–Crippen MR) is 66.0 cm³/mol. The fraction of sp³-hybridized carbons (Fsp3) is 0.600. The molecule has 0 aliphatic rings. The average Bonchev–Trinajstić information content (AvgIpc) is 2.49. The van der Waals surface area contributed by atoms with E-state index >= 15 is 0 Å². The molecule has 0 saturated heterocycles. The Morgan fingerprint density at radius 2 is 2.25 bits per heavy atom. The van der Waals surface area contributed by atoms with E-state index in [1.807, 2.05) is 18.7 Å². The van der Waals surface area contributed by atoms with Crippen molar-refractivity contribution >= 4 is 21.8 Å². The van der Waals surface area contributed by atoms with Crippen molar-refractivity contribution in [3.05, 3.63) is 15.9 Å². The number of hydrogen-bond donors (Lipinski definition) is 2. The van der Waals surface area contributed by atoms with Crippen LogP contribution in [-0.2, 0) is 18.4 Å². The molecule has 0 fully saturated rings. The molecule has 16 heavy (non-hydrogen) atoms. The third-order valence-corrected chi connectivity index (χ3v) is 3.39. The lowest BCUT2D eigenvalue weighted by Crippen LogP contribution is -2.25. The molecule has 2 N–H and O–H groups in total. The second-order valence-electron chi connectivity index (χ2n) is 3.57. The van der Waals surface area contributed by atoms with E-state index in [9.17, 15) is 4.79 Å². The zero-order valence-corrected chi connectivity index (χ0v) is 11.4. The molecule has 1 aromatic rings. The van der Waals surface area contributed by atoms with E-state index < -0.39 is 0 Å². The van der Waals surface area contributed by atoms with Crippen LogP contribution in [-0.4, -0.2) is 29.3 Å². The van der Waals surface area contributed by atoms with Crippen molar-refractivity contribution in [1.82, 2.24) is 20.4 Å². The van der Waals surface area contributed by atoms with Crippen molar-refractivity contribution in [2.24, 2.45) is 7.05 Å². The molecule has 1 aromatic heterocycles. The van der Waals surface area contributed by atoms with Crippen LogP contribution in [0, 0.1) is 6.92 Å². The molecule has 0 saturated carbocycles. The Hall–Kier alpha value is -0.880. The van der Waals surface area contributed by atoms with Gasteiger partial charge in [0.1, 0.15) is 0 Å². The number of carbonyl (C=O) groups is 1. The summed E-state index contributed by atoms with van der Waals surface area (Å²) in [4.78, 5) is 11.0. The first-order chi connectivity index (χ1) is 7.56. The highest BCUT2D eigenvalue weighted by Crippen LogP contribution is 2.19. The highest BCUT2D eigenvalue weighted by molar-refractivity contribution is 9.10. The van der Waals surface area contributed by atoms with Crippen molar-refractivity contribution in [2.75, 3.05) is 13.6 Å². The summed E-state index contributed by atoms with van der Waals surface area (Å²) in [6, 6.07) is 0. The minimum absolute atomic E-state index is 0.0488. The van der Waals surface area contributed by atoms with Crippen LogP contribution in [0.5, 0.6) is 0 Å². The van der Waals surface area contributed by atoms with Gasteiger partial charge in [0.15, 0.2) is 0 Å². The summed E-state index contributed by atoms with van der Waals surface area (Å²) < 4.78 is 2.87. The Kier molecular flexibility index (Phi) is 4.95. The quantitative estimate of drug-likeness (QED) is 0.785. The van der Waals surface area contributed by atoms with Gasteiger partial charge in [0.25, 0.3) is 0 Å². The van der Waals surface area contributed by atoms with Gasteiger partial charge in [-0.25, -0.2) is 0 Å². The summed E-state index contributed by atoms with van der Waals surface area (Å²) in [5, 5.41) is 10.1. The van der Waals surface area contributed by atoms with Crippen LogP contribution in [0.15, 0.2) is 4.47 Å². The van der Waals surface area contributed by atoms with Crippen LogP contribution in [0.1, 0.15) is 17.8 Å². The van der Waals surface area contributed by atoms with E-state index in [1.165, 1.54) is 0 Å². The molecule has 1 rings (SSSR count). The minimum atomic E-state index is 0.0488. The second kappa shape index (κ2) is 6.00. The molecule has 1 amide bonds. The minimum Gasteiger partial charge on any atom is -0.359 e. The third kappa shape index (κ3) is 3.31. The summed E-state index contributed by atoms with van der Waals surface area (Å²) in [7, 11) is 3.55. The van der Waals surface area contributed by atoms with Gasteiger partial charge < -0.3 is 10.6 Å². The van der Waals surface area contributed by atoms with E-state index in [4.69, 9.17) is 0 Å². The first-order valence-corrected chi connectivity index (χ1v) is 5.94. The van der Waals surface area contributed by atoms with Gasteiger partial charge in [0, 0.05) is 33.6 Å². The molecule has 90 valence electrons. The fourth-order valence-electron chi connectivity index (χ4n) is 1.41. The van der Waals surface area contributed by atoms with Crippen LogP contribution in [0.3, 0.4) is 0 Å². The normalized spacial score (nSPS) is 10.5. The van der Waals surface area contributed by atoms with Crippen molar-refractivity contribution < 1.29 is 4.79 Å². The molecule has 0 radical (unpaired) electrons. The van der Waals surface area contributed by atoms with E-state index in [1.54, 1.807) is 7.05 Å². The first-order valence-electron chi connectivity index (χ1n) is 5.15. The third-order valence-electron chi connectivity index (χ3n) is 2.36. The molecule has 1 heterocycles. The molecular formula is C10H17BrN4O. The Labute approximate surface area is 104 Å². The highest BCUT2D eigenvalue weighted by atomic mass is 79.9. The summed E-state index contributed by atoms with van der Waals surface area (Å²) in [6.45, 7) is 3.32. The van der Waals surface area contributed by atoms with Crippen LogP contribution in [0.25, 0.3) is 0 Å². The molecule has 0 atom stereocenters.